The van der Waals surface area contributed by atoms with Crippen LogP contribution < -0.4 is 4.90 Å². The molecule has 0 atom stereocenters. The molecule has 5 nitrogen and oxygen atoms in total. The van der Waals surface area contributed by atoms with Gasteiger partial charge in [0.2, 0.25) is 0 Å². The third kappa shape index (κ3) is 5.17. The van der Waals surface area contributed by atoms with Crippen molar-refractivity contribution in [1.82, 2.24) is 19.8 Å². The molecule has 0 unspecified atom stereocenters. The second kappa shape index (κ2) is 10.2. The van der Waals surface area contributed by atoms with Crippen LogP contribution in [0.2, 0.25) is 0 Å². The van der Waals surface area contributed by atoms with E-state index in [0.717, 1.165) is 32.5 Å². The minimum atomic E-state index is 1.07. The molecule has 1 aromatic heterocycles. The van der Waals surface area contributed by atoms with Crippen LogP contribution in [0, 0.1) is 0 Å². The molecule has 2 aliphatic rings. The van der Waals surface area contributed by atoms with Gasteiger partial charge in [-0.15, -0.1) is 0 Å². The second-order valence-corrected chi connectivity index (χ2v) is 7.85. The molecule has 0 amide bonds. The quantitative estimate of drug-likeness (QED) is 0.748. The Kier molecular flexibility index (Phi) is 7.69. The van der Waals surface area contributed by atoms with Crippen LogP contribution in [0.15, 0.2) is 6.33 Å². The summed E-state index contributed by atoms with van der Waals surface area (Å²) in [5.74, 6) is 1.23. The van der Waals surface area contributed by atoms with Crippen LogP contribution in [0.3, 0.4) is 0 Å². The summed E-state index contributed by atoms with van der Waals surface area (Å²) in [5, 5.41) is 0. The number of aromatic nitrogens is 2. The molecule has 0 saturated carbocycles. The predicted molar refractivity (Wildman–Crippen MR) is 109 cm³/mol. The van der Waals surface area contributed by atoms with E-state index in [2.05, 4.69) is 33.5 Å². The molecule has 146 valence electrons. The summed E-state index contributed by atoms with van der Waals surface area (Å²) in [7, 11) is 0. The molecule has 1 aromatic rings. The van der Waals surface area contributed by atoms with E-state index in [1.54, 1.807) is 6.33 Å². The lowest BCUT2D eigenvalue weighted by Crippen LogP contribution is -2.47. The first-order valence-corrected chi connectivity index (χ1v) is 10.8. The van der Waals surface area contributed by atoms with Crippen molar-refractivity contribution in [3.8, 4) is 0 Å². The average molecular weight is 360 g/mol. The first kappa shape index (κ1) is 19.6. The lowest BCUT2D eigenvalue weighted by atomic mass is 10.0. The largest absolute Gasteiger partial charge is 0.354 e. The van der Waals surface area contributed by atoms with Crippen molar-refractivity contribution in [2.24, 2.45) is 0 Å². The van der Waals surface area contributed by atoms with Crippen LogP contribution in [0.25, 0.3) is 0 Å². The van der Waals surface area contributed by atoms with Gasteiger partial charge in [0.25, 0.3) is 0 Å². The molecule has 0 aliphatic carbocycles. The zero-order valence-electron chi connectivity index (χ0n) is 16.9. The molecule has 1 saturated heterocycles. The van der Waals surface area contributed by atoms with E-state index >= 15 is 0 Å². The average Bonchev–Trinajstić information content (AvgIpc) is 2.66. The lowest BCUT2D eigenvalue weighted by Gasteiger charge is -2.36. The third-order valence-corrected chi connectivity index (χ3v) is 5.91. The van der Waals surface area contributed by atoms with Crippen molar-refractivity contribution < 1.29 is 0 Å². The third-order valence-electron chi connectivity index (χ3n) is 5.91. The van der Waals surface area contributed by atoms with Gasteiger partial charge < -0.3 is 9.80 Å². The minimum Gasteiger partial charge on any atom is -0.354 e. The smallest absolute Gasteiger partial charge is 0.135 e. The highest BCUT2D eigenvalue weighted by Gasteiger charge is 2.23. The molecule has 2 aliphatic heterocycles. The second-order valence-electron chi connectivity index (χ2n) is 7.85. The Morgan fingerprint density at radius 1 is 0.808 bits per heavy atom. The van der Waals surface area contributed by atoms with Crippen LogP contribution >= 0.6 is 0 Å². The lowest BCUT2D eigenvalue weighted by molar-refractivity contribution is 0.252. The van der Waals surface area contributed by atoms with Gasteiger partial charge in [-0.3, -0.25) is 4.90 Å². The molecule has 3 rings (SSSR count). The summed E-state index contributed by atoms with van der Waals surface area (Å²) in [6, 6.07) is 0. The summed E-state index contributed by atoms with van der Waals surface area (Å²) in [6.07, 6.45) is 10.4. The fourth-order valence-corrected chi connectivity index (χ4v) is 4.21. The Bertz CT molecular complexity index is 539. The van der Waals surface area contributed by atoms with Crippen molar-refractivity contribution >= 4 is 5.82 Å². The van der Waals surface area contributed by atoms with Crippen LogP contribution in [-0.2, 0) is 12.8 Å². The minimum absolute atomic E-state index is 1.07. The van der Waals surface area contributed by atoms with Crippen molar-refractivity contribution in [2.45, 2.75) is 58.8 Å². The van der Waals surface area contributed by atoms with Crippen molar-refractivity contribution in [2.75, 3.05) is 57.3 Å². The molecule has 0 aromatic carbocycles. The van der Waals surface area contributed by atoms with Gasteiger partial charge in [0.1, 0.15) is 12.1 Å². The highest BCUT2D eigenvalue weighted by Crippen LogP contribution is 2.25. The maximum Gasteiger partial charge on any atom is 0.135 e. The van der Waals surface area contributed by atoms with E-state index in [0.29, 0.717) is 0 Å². The van der Waals surface area contributed by atoms with Gasteiger partial charge in [0, 0.05) is 44.7 Å². The maximum absolute atomic E-state index is 4.73. The molecule has 5 heteroatoms. The van der Waals surface area contributed by atoms with Crippen molar-refractivity contribution in [3.63, 3.8) is 0 Å². The summed E-state index contributed by atoms with van der Waals surface area (Å²) in [5.41, 5.74) is 2.73. The number of fused-ring (bicyclic) bond motifs is 1. The Balaban J connectivity index is 1.63. The number of nitrogens with zero attached hydrogens (tertiary/aromatic N) is 5. The van der Waals surface area contributed by atoms with E-state index < -0.39 is 0 Å². The molecular formula is C21H37N5. The molecule has 3 heterocycles. The number of hydrogen-bond donors (Lipinski definition) is 0. The highest BCUT2D eigenvalue weighted by atomic mass is 15.3. The van der Waals surface area contributed by atoms with Gasteiger partial charge in [-0.25, -0.2) is 9.97 Å². The van der Waals surface area contributed by atoms with E-state index in [-0.39, 0.29) is 0 Å². The number of unbranched alkanes of at least 4 members (excludes halogenated alkanes) is 2. The van der Waals surface area contributed by atoms with Crippen LogP contribution in [0.1, 0.15) is 57.2 Å². The van der Waals surface area contributed by atoms with E-state index in [9.17, 15) is 0 Å². The molecule has 0 N–H and O–H groups in total. The number of piperazine rings is 1. The predicted octanol–water partition coefficient (Wildman–Crippen LogP) is 2.99. The standard InChI is InChI=1S/C21H37N5/c1-3-5-10-24-12-7-8-19-20(9-13-24)22-18-23-21(19)26-16-14-25(15-17-26)11-6-4-2/h18H,3-17H2,1-2H3. The fraction of sp³-hybridized carbons (Fsp3) is 0.810. The molecular weight excluding hydrogens is 322 g/mol. The topological polar surface area (TPSA) is 35.5 Å². The summed E-state index contributed by atoms with van der Waals surface area (Å²) in [6.45, 7) is 14.0. The molecule has 0 spiro atoms. The Labute approximate surface area is 159 Å². The van der Waals surface area contributed by atoms with Crippen molar-refractivity contribution in [3.05, 3.63) is 17.6 Å². The fourth-order valence-electron chi connectivity index (χ4n) is 4.21. The number of anilines is 1. The molecule has 0 bridgehead atoms. The summed E-state index contributed by atoms with van der Waals surface area (Å²) in [4.78, 5) is 17.1. The molecule has 1 fully saturated rings. The molecule has 0 radical (unpaired) electrons. The molecule has 26 heavy (non-hydrogen) atoms. The van der Waals surface area contributed by atoms with Gasteiger partial charge >= 0.3 is 0 Å². The zero-order chi connectivity index (χ0) is 18.2. The van der Waals surface area contributed by atoms with Crippen molar-refractivity contribution in [1.29, 1.82) is 0 Å². The number of rotatable bonds is 7. The summed E-state index contributed by atoms with van der Waals surface area (Å²) < 4.78 is 0. The SMILES string of the molecule is CCCCN1CCCc2c(ncnc2N2CCN(CCCC)CC2)CC1. The Morgan fingerprint density at radius 2 is 1.50 bits per heavy atom. The van der Waals surface area contributed by atoms with E-state index in [1.807, 2.05) is 0 Å². The van der Waals surface area contributed by atoms with Gasteiger partial charge in [-0.05, 0) is 45.3 Å². The van der Waals surface area contributed by atoms with E-state index in [1.165, 1.54) is 81.9 Å². The van der Waals surface area contributed by atoms with Gasteiger partial charge in [-0.2, -0.15) is 0 Å². The zero-order valence-corrected chi connectivity index (χ0v) is 16.9. The van der Waals surface area contributed by atoms with Crippen LogP contribution in [0.5, 0.6) is 0 Å². The van der Waals surface area contributed by atoms with Gasteiger partial charge in [0.15, 0.2) is 0 Å². The normalized spacial score (nSPS) is 19.8. The van der Waals surface area contributed by atoms with Crippen LogP contribution in [-0.4, -0.2) is 72.1 Å². The first-order valence-electron chi connectivity index (χ1n) is 10.8. The summed E-state index contributed by atoms with van der Waals surface area (Å²) >= 11 is 0. The van der Waals surface area contributed by atoms with Crippen LogP contribution in [0.4, 0.5) is 5.82 Å². The monoisotopic (exact) mass is 359 g/mol. The van der Waals surface area contributed by atoms with E-state index in [4.69, 9.17) is 4.98 Å². The highest BCUT2D eigenvalue weighted by molar-refractivity contribution is 5.49. The Morgan fingerprint density at radius 3 is 2.19 bits per heavy atom. The maximum atomic E-state index is 4.73. The van der Waals surface area contributed by atoms with Gasteiger partial charge in [-0.1, -0.05) is 26.7 Å². The number of hydrogen-bond acceptors (Lipinski definition) is 5. The van der Waals surface area contributed by atoms with Gasteiger partial charge in [0.05, 0.1) is 5.69 Å². The first-order chi connectivity index (χ1) is 12.8. The Hall–Kier alpha value is -1.20.